The predicted molar refractivity (Wildman–Crippen MR) is 260 cm³/mol. The van der Waals surface area contributed by atoms with Crippen LogP contribution in [0, 0.1) is 82.8 Å². The molecule has 0 nitrogen and oxygen atoms in total. The summed E-state index contributed by atoms with van der Waals surface area (Å²) < 4.78 is 3.34. The van der Waals surface area contributed by atoms with Crippen molar-refractivity contribution in [1.82, 2.24) is 0 Å². The number of aryl methyl sites for hydroxylation is 2. The third kappa shape index (κ3) is 10.4. The van der Waals surface area contributed by atoms with Gasteiger partial charge in [-0.05, 0) is 40.6 Å². The standard InChI is InChI=1S/C29H37.C12H19.2C7H7.CH2.2ClH.Zr/c1-18-25-22-17-19-13-9-10-14-20(19)24(22)21-15-11-12-16-23(21)29(25,8)28(6,7)27(4,5)26(18,2)3;1-9(2)10-6-7-11(8-10)12(3,4)5;2*1-7-5-3-2-4-6-7;;;;/h9-11,13-15,23H,12,16-17H2,1-8H3;7-10H,1-5H3;2*3-6H,1H3;1H2;2*1H;/q4*-1;;;;. The Morgan fingerprint density at radius 3 is 1.76 bits per heavy atom. The van der Waals surface area contributed by atoms with Crippen LogP contribution in [0.2, 0.25) is 0 Å². The van der Waals surface area contributed by atoms with E-state index in [-0.39, 0.29) is 51.9 Å². The number of fused-ring (bicyclic) bond motifs is 6. The molecule has 1 fully saturated rings. The van der Waals surface area contributed by atoms with Gasteiger partial charge in [-0.3, -0.25) is 6.08 Å². The zero-order valence-electron chi connectivity index (χ0n) is 39.1. The zero-order chi connectivity index (χ0) is 42.6. The quantitative estimate of drug-likeness (QED) is 0.213. The maximum absolute atomic E-state index is 3.40. The van der Waals surface area contributed by atoms with Crippen LogP contribution >= 0.6 is 24.8 Å². The Labute approximate surface area is 389 Å². The maximum atomic E-state index is 3.40. The summed E-state index contributed by atoms with van der Waals surface area (Å²) in [5.74, 6) is 3.46. The second-order valence-electron chi connectivity index (χ2n) is 19.9. The van der Waals surface area contributed by atoms with Crippen LogP contribution in [0.15, 0.2) is 119 Å². The van der Waals surface area contributed by atoms with Crippen LogP contribution in [0.1, 0.15) is 125 Å². The van der Waals surface area contributed by atoms with E-state index in [1.807, 2.05) is 48.5 Å². The van der Waals surface area contributed by atoms with Gasteiger partial charge in [0.1, 0.15) is 0 Å². The van der Waals surface area contributed by atoms with Crippen molar-refractivity contribution in [2.45, 2.75) is 123 Å². The summed E-state index contributed by atoms with van der Waals surface area (Å²) in [6, 6.07) is 30.8. The van der Waals surface area contributed by atoms with Crippen LogP contribution in [0.3, 0.4) is 0 Å². The van der Waals surface area contributed by atoms with Gasteiger partial charge in [0.25, 0.3) is 0 Å². The SMILES string of the molecule is CC(C)C1[C-]=CC(C(C)(C)C)=C1.C[C-]1C2=C3Cc4ccccc4C3=C3C=CCCC3C2(C)C(C)(C)C(C)(C)C1(C)C.Cc1cc[c-]cc1.Cc1cc[c-]cc1.Cl.Cl.[CH2]=[Zr]. The van der Waals surface area contributed by atoms with Gasteiger partial charge < -0.3 is 0 Å². The van der Waals surface area contributed by atoms with Gasteiger partial charge >= 0.3 is 28.4 Å². The molecule has 0 aromatic heterocycles. The molecule has 320 valence electrons. The molecule has 5 aliphatic carbocycles. The molecule has 59 heavy (non-hydrogen) atoms. The van der Waals surface area contributed by atoms with Crippen LogP contribution in [0.4, 0.5) is 0 Å². The van der Waals surface area contributed by atoms with E-state index in [1.54, 1.807) is 28.2 Å². The van der Waals surface area contributed by atoms with Crippen LogP contribution in [0.25, 0.3) is 5.57 Å². The van der Waals surface area contributed by atoms with Gasteiger partial charge in [0.15, 0.2) is 0 Å². The Morgan fingerprint density at radius 2 is 1.32 bits per heavy atom. The average molecular weight is 909 g/mol. The van der Waals surface area contributed by atoms with Crippen molar-refractivity contribution < 1.29 is 24.2 Å². The van der Waals surface area contributed by atoms with Gasteiger partial charge in [0, 0.05) is 0 Å². The number of rotatable bonds is 1. The van der Waals surface area contributed by atoms with E-state index in [2.05, 4.69) is 175 Å². The number of allylic oxidation sites excluding steroid dienone is 10. The third-order valence-electron chi connectivity index (χ3n) is 14.9. The molecule has 1 saturated carbocycles. The van der Waals surface area contributed by atoms with Crippen LogP contribution in [-0.4, -0.2) is 4.21 Å². The molecule has 0 bridgehead atoms. The van der Waals surface area contributed by atoms with Crippen molar-refractivity contribution in [3.8, 4) is 0 Å². The van der Waals surface area contributed by atoms with E-state index in [4.69, 9.17) is 0 Å². The molecule has 0 amide bonds. The molecule has 3 atom stereocenters. The van der Waals surface area contributed by atoms with Crippen molar-refractivity contribution in [2.75, 3.05) is 0 Å². The number of hydrogen-bond donors (Lipinski definition) is 0. The third-order valence-corrected chi connectivity index (χ3v) is 14.9. The molecule has 0 heterocycles. The molecule has 3 aromatic carbocycles. The van der Waals surface area contributed by atoms with Crippen LogP contribution < -0.4 is 0 Å². The first-order valence-corrected chi connectivity index (χ1v) is 23.0. The summed E-state index contributed by atoms with van der Waals surface area (Å²) in [7, 11) is 0. The van der Waals surface area contributed by atoms with Gasteiger partial charge in [0.2, 0.25) is 0 Å². The van der Waals surface area contributed by atoms with Crippen LogP contribution in [-0.2, 0) is 30.7 Å². The summed E-state index contributed by atoms with van der Waals surface area (Å²) in [5, 5.41) is 0. The molecule has 0 spiro atoms. The number of hydrogen-bond acceptors (Lipinski definition) is 0. The summed E-state index contributed by atoms with van der Waals surface area (Å²) in [4.78, 5) is 0. The minimum absolute atomic E-state index is 0. The van der Waals surface area contributed by atoms with E-state index < -0.39 is 0 Å². The molecule has 3 aromatic rings. The Kier molecular flexibility index (Phi) is 18.8. The minimum atomic E-state index is 0. The second-order valence-corrected chi connectivity index (χ2v) is 19.9. The predicted octanol–water partition coefficient (Wildman–Crippen LogP) is 16.0. The van der Waals surface area contributed by atoms with Crippen molar-refractivity contribution >= 4 is 34.6 Å². The monoisotopic (exact) mass is 906 g/mol. The molecular formula is C56H74Cl2Zr-4. The summed E-state index contributed by atoms with van der Waals surface area (Å²) in [6.07, 6.45) is 16.4. The second kappa shape index (κ2) is 21.1. The first-order valence-electron chi connectivity index (χ1n) is 21.3. The Morgan fingerprint density at radius 1 is 0.797 bits per heavy atom. The molecular weight excluding hydrogens is 835 g/mol. The first-order chi connectivity index (χ1) is 26.7. The topological polar surface area (TPSA) is 0 Å². The molecule has 8 rings (SSSR count). The molecule has 0 N–H and O–H groups in total. The van der Waals surface area contributed by atoms with Gasteiger partial charge in [-0.2, -0.15) is 94.6 Å². The van der Waals surface area contributed by atoms with E-state index in [0.29, 0.717) is 17.8 Å². The fraction of sp³-hybridized carbons (Fsp3) is 0.464. The summed E-state index contributed by atoms with van der Waals surface area (Å²) in [6.45, 7) is 35.7. The van der Waals surface area contributed by atoms with Gasteiger partial charge in [-0.25, -0.2) is 12.0 Å². The summed E-state index contributed by atoms with van der Waals surface area (Å²) in [5.41, 5.74) is 14.6. The fourth-order valence-corrected chi connectivity index (χ4v) is 9.84. The Bertz CT molecular complexity index is 1940. The van der Waals surface area contributed by atoms with E-state index in [9.17, 15) is 0 Å². The van der Waals surface area contributed by atoms with Crippen molar-refractivity contribution in [3.05, 3.63) is 166 Å². The normalized spacial score (nSPS) is 23.2. The Hall–Kier alpha value is -2.44. The van der Waals surface area contributed by atoms with Gasteiger partial charge in [0.05, 0.1) is 0 Å². The molecule has 0 aliphatic heterocycles. The van der Waals surface area contributed by atoms with E-state index in [0.717, 1.165) is 6.42 Å². The molecule has 3 unspecified atom stereocenters. The van der Waals surface area contributed by atoms with E-state index in [1.165, 1.54) is 64.9 Å². The van der Waals surface area contributed by atoms with E-state index >= 15 is 0 Å². The Balaban J connectivity index is 0.000000328. The van der Waals surface area contributed by atoms with Crippen LogP contribution in [0.5, 0.6) is 0 Å². The van der Waals surface area contributed by atoms with Crippen molar-refractivity contribution in [1.29, 1.82) is 0 Å². The van der Waals surface area contributed by atoms with Crippen molar-refractivity contribution in [2.24, 2.45) is 44.8 Å². The van der Waals surface area contributed by atoms with Gasteiger partial charge in [-0.15, -0.1) is 31.7 Å². The average Bonchev–Trinajstić information content (AvgIpc) is 3.83. The first kappa shape index (κ1) is 52.7. The molecule has 3 heteroatoms. The zero-order valence-corrected chi connectivity index (χ0v) is 43.2. The molecule has 0 saturated heterocycles. The summed E-state index contributed by atoms with van der Waals surface area (Å²) >= 11 is 1.30. The number of halogens is 2. The molecule has 5 aliphatic rings. The van der Waals surface area contributed by atoms with Crippen molar-refractivity contribution in [3.63, 3.8) is 0 Å². The fourth-order valence-electron chi connectivity index (χ4n) is 9.84. The number of benzene rings is 3. The molecule has 0 radical (unpaired) electrons. The van der Waals surface area contributed by atoms with Gasteiger partial charge in [-0.1, -0.05) is 179 Å².